The maximum absolute atomic E-state index is 12.8. The van der Waals surface area contributed by atoms with Crippen LogP contribution in [-0.4, -0.2) is 33.4 Å². The number of alkyl halides is 3. The van der Waals surface area contributed by atoms with Gasteiger partial charge in [0.1, 0.15) is 6.04 Å². The third kappa shape index (κ3) is 4.49. The quantitative estimate of drug-likeness (QED) is 0.839. The summed E-state index contributed by atoms with van der Waals surface area (Å²) >= 11 is 0. The second-order valence-corrected chi connectivity index (χ2v) is 6.78. The number of carbonyl (C=O) groups excluding carboxylic acids is 2. The van der Waals surface area contributed by atoms with Gasteiger partial charge in [-0.1, -0.05) is 17.3 Å². The van der Waals surface area contributed by atoms with E-state index in [0.29, 0.717) is 11.4 Å². The van der Waals surface area contributed by atoms with Gasteiger partial charge >= 0.3 is 6.18 Å². The Labute approximate surface area is 158 Å². The minimum atomic E-state index is -4.45. The van der Waals surface area contributed by atoms with Gasteiger partial charge in [0.2, 0.25) is 17.7 Å². The zero-order valence-corrected chi connectivity index (χ0v) is 15.3. The smallest absolute Gasteiger partial charge is 0.344 e. The van der Waals surface area contributed by atoms with Gasteiger partial charge in [0, 0.05) is 19.5 Å². The minimum absolute atomic E-state index is 0.000373. The standard InChI is InChI=1S/C18H19F3N4O3/c1-10(17-23-11(2)24-28-17)22-16(27)13-7-15(26)25(9-13)8-12-4-3-5-14(6-12)18(19,20)21/h3-6,10,13H,7-9H2,1-2H3,(H,22,27). The van der Waals surface area contributed by atoms with Crippen LogP contribution in [0.4, 0.5) is 13.2 Å². The van der Waals surface area contributed by atoms with Crippen LogP contribution >= 0.6 is 0 Å². The first kappa shape index (κ1) is 19.8. The Morgan fingerprint density at radius 3 is 2.82 bits per heavy atom. The van der Waals surface area contributed by atoms with E-state index in [1.165, 1.54) is 17.0 Å². The van der Waals surface area contributed by atoms with Gasteiger partial charge in [-0.3, -0.25) is 9.59 Å². The molecule has 0 bridgehead atoms. The van der Waals surface area contributed by atoms with Gasteiger partial charge in [0.05, 0.1) is 11.5 Å². The number of likely N-dealkylation sites (tertiary alicyclic amines) is 1. The molecular formula is C18H19F3N4O3. The molecule has 1 saturated heterocycles. The van der Waals surface area contributed by atoms with E-state index in [-0.39, 0.29) is 37.2 Å². The van der Waals surface area contributed by atoms with E-state index in [1.54, 1.807) is 13.8 Å². The van der Waals surface area contributed by atoms with E-state index in [1.807, 2.05) is 0 Å². The van der Waals surface area contributed by atoms with Crippen LogP contribution in [0.1, 0.15) is 42.2 Å². The Bertz CT molecular complexity index is 881. The van der Waals surface area contributed by atoms with Crippen LogP contribution < -0.4 is 5.32 Å². The summed E-state index contributed by atoms with van der Waals surface area (Å²) in [6.45, 7) is 3.49. The van der Waals surface area contributed by atoms with Gasteiger partial charge in [0.15, 0.2) is 5.82 Å². The molecule has 2 unspecified atom stereocenters. The van der Waals surface area contributed by atoms with Crippen LogP contribution in [0.25, 0.3) is 0 Å². The summed E-state index contributed by atoms with van der Waals surface area (Å²) in [6.07, 6.45) is -4.45. The van der Waals surface area contributed by atoms with Crippen molar-refractivity contribution in [1.29, 1.82) is 0 Å². The number of nitrogens with one attached hydrogen (secondary N) is 1. The predicted molar refractivity (Wildman–Crippen MR) is 90.6 cm³/mol. The van der Waals surface area contributed by atoms with Crippen LogP contribution in [0.2, 0.25) is 0 Å². The summed E-state index contributed by atoms with van der Waals surface area (Å²) in [7, 11) is 0. The van der Waals surface area contributed by atoms with Crippen molar-refractivity contribution >= 4 is 11.8 Å². The number of benzene rings is 1. The summed E-state index contributed by atoms with van der Waals surface area (Å²) < 4.78 is 43.5. The molecule has 2 aromatic rings. The third-order valence-electron chi connectivity index (χ3n) is 4.49. The van der Waals surface area contributed by atoms with Gasteiger partial charge in [-0.15, -0.1) is 0 Å². The van der Waals surface area contributed by atoms with Gasteiger partial charge in [-0.2, -0.15) is 18.2 Å². The molecule has 0 saturated carbocycles. The first-order valence-corrected chi connectivity index (χ1v) is 8.68. The highest BCUT2D eigenvalue weighted by Gasteiger charge is 2.36. The Morgan fingerprint density at radius 2 is 2.18 bits per heavy atom. The number of amides is 2. The van der Waals surface area contributed by atoms with Crippen LogP contribution in [0.3, 0.4) is 0 Å². The number of aryl methyl sites for hydroxylation is 1. The molecule has 1 aliphatic heterocycles. The molecule has 0 radical (unpaired) electrons. The fraction of sp³-hybridized carbons (Fsp3) is 0.444. The highest BCUT2D eigenvalue weighted by atomic mass is 19.4. The maximum Gasteiger partial charge on any atom is 0.416 e. The van der Waals surface area contributed by atoms with Gasteiger partial charge < -0.3 is 14.7 Å². The number of rotatable bonds is 5. The number of hydrogen-bond acceptors (Lipinski definition) is 5. The average Bonchev–Trinajstić information content (AvgIpc) is 3.21. The fourth-order valence-corrected chi connectivity index (χ4v) is 3.05. The zero-order valence-electron chi connectivity index (χ0n) is 15.3. The molecule has 150 valence electrons. The summed E-state index contributed by atoms with van der Waals surface area (Å²) in [5, 5.41) is 6.38. The third-order valence-corrected chi connectivity index (χ3v) is 4.49. The highest BCUT2D eigenvalue weighted by Crippen LogP contribution is 2.30. The average molecular weight is 396 g/mol. The lowest BCUT2D eigenvalue weighted by Crippen LogP contribution is -2.34. The van der Waals surface area contributed by atoms with Crippen molar-refractivity contribution < 1.29 is 27.3 Å². The molecule has 1 aliphatic rings. The summed E-state index contributed by atoms with van der Waals surface area (Å²) in [5.41, 5.74) is -0.409. The minimum Gasteiger partial charge on any atom is -0.344 e. The number of aromatic nitrogens is 2. The molecular weight excluding hydrogens is 377 g/mol. The lowest BCUT2D eigenvalue weighted by molar-refractivity contribution is -0.137. The zero-order chi connectivity index (χ0) is 20.5. The molecule has 3 rings (SSSR count). The Hall–Kier alpha value is -2.91. The van der Waals surface area contributed by atoms with Crippen molar-refractivity contribution in [2.75, 3.05) is 6.54 Å². The van der Waals surface area contributed by atoms with E-state index in [9.17, 15) is 22.8 Å². The van der Waals surface area contributed by atoms with Crippen molar-refractivity contribution in [1.82, 2.24) is 20.4 Å². The van der Waals surface area contributed by atoms with Crippen molar-refractivity contribution in [2.45, 2.75) is 39.0 Å². The van der Waals surface area contributed by atoms with E-state index in [2.05, 4.69) is 15.5 Å². The first-order chi connectivity index (χ1) is 13.1. The van der Waals surface area contributed by atoms with E-state index < -0.39 is 23.7 Å². The molecule has 10 heteroatoms. The SMILES string of the molecule is Cc1noc(C(C)NC(=O)C2CC(=O)N(Cc3cccc(C(F)(F)F)c3)C2)n1. The largest absolute Gasteiger partial charge is 0.416 e. The normalized spacial score (nSPS) is 18.4. The Kier molecular flexibility index (Phi) is 5.39. The molecule has 2 heterocycles. The van der Waals surface area contributed by atoms with Crippen LogP contribution in [-0.2, 0) is 22.3 Å². The van der Waals surface area contributed by atoms with Crippen molar-refractivity contribution in [3.8, 4) is 0 Å². The molecule has 7 nitrogen and oxygen atoms in total. The number of nitrogens with zero attached hydrogens (tertiary/aromatic N) is 3. The number of halogens is 3. The van der Waals surface area contributed by atoms with Crippen molar-refractivity contribution in [3.05, 3.63) is 47.1 Å². The van der Waals surface area contributed by atoms with E-state index in [0.717, 1.165) is 12.1 Å². The molecule has 2 atom stereocenters. The van der Waals surface area contributed by atoms with Gasteiger partial charge in [-0.05, 0) is 31.5 Å². The first-order valence-electron chi connectivity index (χ1n) is 8.68. The topological polar surface area (TPSA) is 88.3 Å². The summed E-state index contributed by atoms with van der Waals surface area (Å²) in [6, 6.07) is 4.31. The van der Waals surface area contributed by atoms with Crippen LogP contribution in [0, 0.1) is 12.8 Å². The molecule has 2 amide bonds. The molecule has 28 heavy (non-hydrogen) atoms. The molecule has 0 aliphatic carbocycles. The Balaban J connectivity index is 1.61. The van der Waals surface area contributed by atoms with Crippen LogP contribution in [0.15, 0.2) is 28.8 Å². The monoisotopic (exact) mass is 396 g/mol. The molecule has 0 spiro atoms. The molecule has 1 aromatic heterocycles. The lowest BCUT2D eigenvalue weighted by Gasteiger charge is -2.18. The Morgan fingerprint density at radius 1 is 1.43 bits per heavy atom. The highest BCUT2D eigenvalue weighted by molar-refractivity contribution is 5.89. The molecule has 1 fully saturated rings. The number of carbonyl (C=O) groups is 2. The van der Waals surface area contributed by atoms with Crippen LogP contribution in [0.5, 0.6) is 0 Å². The van der Waals surface area contributed by atoms with Gasteiger partial charge in [-0.25, -0.2) is 0 Å². The molecule has 1 N–H and O–H groups in total. The van der Waals surface area contributed by atoms with Crippen molar-refractivity contribution in [2.24, 2.45) is 5.92 Å². The predicted octanol–water partition coefficient (Wildman–Crippen LogP) is 2.62. The summed E-state index contributed by atoms with van der Waals surface area (Å²) in [5.74, 6) is -0.512. The lowest BCUT2D eigenvalue weighted by atomic mass is 10.1. The van der Waals surface area contributed by atoms with E-state index >= 15 is 0 Å². The fourth-order valence-electron chi connectivity index (χ4n) is 3.05. The number of hydrogen-bond donors (Lipinski definition) is 1. The summed E-state index contributed by atoms with van der Waals surface area (Å²) in [4.78, 5) is 30.1. The second-order valence-electron chi connectivity index (χ2n) is 6.78. The second kappa shape index (κ2) is 7.61. The maximum atomic E-state index is 12.8. The van der Waals surface area contributed by atoms with Gasteiger partial charge in [0.25, 0.3) is 0 Å². The molecule has 1 aromatic carbocycles. The van der Waals surface area contributed by atoms with Crippen molar-refractivity contribution in [3.63, 3.8) is 0 Å². The van der Waals surface area contributed by atoms with E-state index in [4.69, 9.17) is 4.52 Å².